The van der Waals surface area contributed by atoms with Crippen LogP contribution in [-0.4, -0.2) is 11.0 Å². The Morgan fingerprint density at radius 3 is 2.88 bits per heavy atom. The number of carbonyl (C=O) groups is 1. The number of anilines is 1. The minimum Gasteiger partial charge on any atom is -0.328 e. The zero-order chi connectivity index (χ0) is 12.4. The van der Waals surface area contributed by atoms with E-state index < -0.39 is 0 Å². The van der Waals surface area contributed by atoms with E-state index in [1.54, 1.807) is 0 Å². The van der Waals surface area contributed by atoms with Gasteiger partial charge in [-0.15, -0.1) is 0 Å². The second-order valence-corrected chi connectivity index (χ2v) is 4.32. The van der Waals surface area contributed by atoms with Crippen molar-refractivity contribution in [2.75, 3.05) is 4.90 Å². The minimum atomic E-state index is -0.0811. The molecule has 0 spiro atoms. The summed E-state index contributed by atoms with van der Waals surface area (Å²) in [5.74, 6) is -0.0811. The average molecular weight is 246 g/mol. The van der Waals surface area contributed by atoms with Gasteiger partial charge in [0, 0.05) is 0 Å². The fraction of sp³-hybridized carbons (Fsp3) is 0.231. The Morgan fingerprint density at radius 2 is 2.24 bits per heavy atom. The Balaban J connectivity index is 2.37. The number of thiocarbonyl (C=S) groups is 1. The van der Waals surface area contributed by atoms with Gasteiger partial charge in [0.25, 0.3) is 5.91 Å². The van der Waals surface area contributed by atoms with Crippen LogP contribution in [0.4, 0.5) is 5.69 Å². The molecule has 0 radical (unpaired) electrons. The van der Waals surface area contributed by atoms with Crippen molar-refractivity contribution < 1.29 is 4.79 Å². The van der Waals surface area contributed by atoms with Gasteiger partial charge in [-0.3, -0.25) is 9.69 Å². The van der Waals surface area contributed by atoms with E-state index in [-0.39, 0.29) is 5.91 Å². The Morgan fingerprint density at radius 1 is 1.47 bits per heavy atom. The smallest absolute Gasteiger partial charge is 0.280 e. The second-order valence-electron chi connectivity index (χ2n) is 3.94. The number of nitrogens with zero attached hydrogens (tertiary/aromatic N) is 1. The molecular formula is C13H14N2OS. The first-order valence-electron chi connectivity index (χ1n) is 5.55. The minimum absolute atomic E-state index is 0.0811. The molecule has 0 unspecified atom stereocenters. The van der Waals surface area contributed by atoms with E-state index in [2.05, 4.69) is 5.32 Å². The third-order valence-corrected chi connectivity index (χ3v) is 2.83. The SMILES string of the molecule is CC/C=C1/NC(=S)N(c2cccc(C)c2)C1=O. The van der Waals surface area contributed by atoms with E-state index in [1.165, 1.54) is 4.90 Å². The van der Waals surface area contributed by atoms with Gasteiger partial charge in [0.05, 0.1) is 5.69 Å². The van der Waals surface area contributed by atoms with Crippen molar-refractivity contribution in [3.8, 4) is 0 Å². The van der Waals surface area contributed by atoms with Crippen molar-refractivity contribution in [1.82, 2.24) is 5.32 Å². The molecule has 0 atom stereocenters. The molecule has 0 saturated carbocycles. The highest BCUT2D eigenvalue weighted by molar-refractivity contribution is 7.80. The van der Waals surface area contributed by atoms with Gasteiger partial charge in [0.1, 0.15) is 5.70 Å². The summed E-state index contributed by atoms with van der Waals surface area (Å²) in [6, 6.07) is 7.74. The molecule has 1 saturated heterocycles. The van der Waals surface area contributed by atoms with Crippen LogP contribution in [0.25, 0.3) is 0 Å². The molecule has 1 aromatic carbocycles. The summed E-state index contributed by atoms with van der Waals surface area (Å²) in [5, 5.41) is 3.39. The van der Waals surface area contributed by atoms with Crippen LogP contribution < -0.4 is 10.2 Å². The summed E-state index contributed by atoms with van der Waals surface area (Å²) in [4.78, 5) is 13.7. The van der Waals surface area contributed by atoms with E-state index in [4.69, 9.17) is 12.2 Å². The highest BCUT2D eigenvalue weighted by Gasteiger charge is 2.31. The van der Waals surface area contributed by atoms with Crippen molar-refractivity contribution >= 4 is 28.9 Å². The van der Waals surface area contributed by atoms with Crippen molar-refractivity contribution in [3.05, 3.63) is 41.6 Å². The Hall–Kier alpha value is -1.68. The lowest BCUT2D eigenvalue weighted by Gasteiger charge is -2.14. The molecule has 1 aliphatic heterocycles. The van der Waals surface area contributed by atoms with Crippen molar-refractivity contribution in [2.24, 2.45) is 0 Å². The van der Waals surface area contributed by atoms with Gasteiger partial charge in [-0.2, -0.15) is 0 Å². The quantitative estimate of drug-likeness (QED) is 0.643. The number of amides is 1. The summed E-state index contributed by atoms with van der Waals surface area (Å²) >= 11 is 5.19. The summed E-state index contributed by atoms with van der Waals surface area (Å²) in [7, 11) is 0. The zero-order valence-electron chi connectivity index (χ0n) is 9.86. The van der Waals surface area contributed by atoms with Crippen molar-refractivity contribution in [1.29, 1.82) is 0 Å². The Bertz CT molecular complexity index is 508. The van der Waals surface area contributed by atoms with Gasteiger partial charge < -0.3 is 5.32 Å². The van der Waals surface area contributed by atoms with Crippen LogP contribution in [0.3, 0.4) is 0 Å². The van der Waals surface area contributed by atoms with Crippen LogP contribution in [0.15, 0.2) is 36.0 Å². The molecule has 4 heteroatoms. The average Bonchev–Trinajstić information content (AvgIpc) is 2.55. The fourth-order valence-electron chi connectivity index (χ4n) is 1.78. The molecule has 0 aromatic heterocycles. The number of hydrogen-bond donors (Lipinski definition) is 1. The van der Waals surface area contributed by atoms with Crippen LogP contribution in [0.2, 0.25) is 0 Å². The number of carbonyl (C=O) groups excluding carboxylic acids is 1. The third kappa shape index (κ3) is 2.22. The van der Waals surface area contributed by atoms with Gasteiger partial charge in [0.15, 0.2) is 5.11 Å². The van der Waals surface area contributed by atoms with Gasteiger partial charge in [-0.1, -0.05) is 25.1 Å². The molecule has 0 bridgehead atoms. The topological polar surface area (TPSA) is 32.3 Å². The maximum atomic E-state index is 12.1. The molecule has 1 fully saturated rings. The first-order chi connectivity index (χ1) is 8.13. The lowest BCUT2D eigenvalue weighted by Crippen LogP contribution is -2.30. The van der Waals surface area contributed by atoms with E-state index in [0.717, 1.165) is 17.7 Å². The monoisotopic (exact) mass is 246 g/mol. The van der Waals surface area contributed by atoms with Gasteiger partial charge in [0.2, 0.25) is 0 Å². The predicted octanol–water partition coefficient (Wildman–Crippen LogP) is 2.51. The summed E-state index contributed by atoms with van der Waals surface area (Å²) in [5.41, 5.74) is 2.48. The number of benzene rings is 1. The van der Waals surface area contributed by atoms with Crippen LogP contribution >= 0.6 is 12.2 Å². The normalized spacial score (nSPS) is 17.8. The van der Waals surface area contributed by atoms with Gasteiger partial charge in [-0.05, 0) is 43.3 Å². The third-order valence-electron chi connectivity index (χ3n) is 2.55. The molecular weight excluding hydrogens is 232 g/mol. The summed E-state index contributed by atoms with van der Waals surface area (Å²) in [6.07, 6.45) is 2.66. The summed E-state index contributed by atoms with van der Waals surface area (Å²) in [6.45, 7) is 3.98. The molecule has 1 N–H and O–H groups in total. The van der Waals surface area contributed by atoms with Crippen LogP contribution in [0.5, 0.6) is 0 Å². The molecule has 3 nitrogen and oxygen atoms in total. The molecule has 1 amide bonds. The number of rotatable bonds is 2. The molecule has 1 aliphatic rings. The number of aryl methyl sites for hydroxylation is 1. The van der Waals surface area contributed by atoms with Crippen LogP contribution in [0, 0.1) is 6.92 Å². The number of nitrogens with one attached hydrogen (secondary N) is 1. The first kappa shape index (κ1) is 11.8. The van der Waals surface area contributed by atoms with E-state index in [0.29, 0.717) is 10.8 Å². The van der Waals surface area contributed by atoms with E-state index >= 15 is 0 Å². The molecule has 2 rings (SSSR count). The molecule has 88 valence electrons. The number of hydrogen-bond acceptors (Lipinski definition) is 2. The lowest BCUT2D eigenvalue weighted by molar-refractivity contribution is -0.113. The summed E-state index contributed by atoms with van der Waals surface area (Å²) < 4.78 is 0. The molecule has 1 aromatic rings. The molecule has 1 heterocycles. The fourth-order valence-corrected chi connectivity index (χ4v) is 2.08. The highest BCUT2D eigenvalue weighted by Crippen LogP contribution is 2.22. The highest BCUT2D eigenvalue weighted by atomic mass is 32.1. The van der Waals surface area contributed by atoms with Gasteiger partial charge >= 0.3 is 0 Å². The predicted molar refractivity (Wildman–Crippen MR) is 72.8 cm³/mol. The largest absolute Gasteiger partial charge is 0.328 e. The van der Waals surface area contributed by atoms with Gasteiger partial charge in [-0.25, -0.2) is 0 Å². The van der Waals surface area contributed by atoms with E-state index in [9.17, 15) is 4.79 Å². The molecule has 0 aliphatic carbocycles. The lowest BCUT2D eigenvalue weighted by atomic mass is 10.2. The van der Waals surface area contributed by atoms with Crippen molar-refractivity contribution in [3.63, 3.8) is 0 Å². The molecule has 17 heavy (non-hydrogen) atoms. The van der Waals surface area contributed by atoms with Crippen molar-refractivity contribution in [2.45, 2.75) is 20.3 Å². The maximum absolute atomic E-state index is 12.1. The van der Waals surface area contributed by atoms with Crippen LogP contribution in [0.1, 0.15) is 18.9 Å². The standard InChI is InChI=1S/C13H14N2OS/c1-3-5-11-12(16)15(13(17)14-11)10-7-4-6-9(2)8-10/h4-8H,3H2,1-2H3,(H,14,17)/b11-5+. The van der Waals surface area contributed by atoms with E-state index in [1.807, 2.05) is 44.2 Å². The first-order valence-corrected chi connectivity index (χ1v) is 5.96. The Labute approximate surface area is 106 Å². The van der Waals surface area contributed by atoms with Crippen LogP contribution in [-0.2, 0) is 4.79 Å². The number of allylic oxidation sites excluding steroid dienone is 1. The zero-order valence-corrected chi connectivity index (χ0v) is 10.7. The Kier molecular flexibility index (Phi) is 3.24. The second kappa shape index (κ2) is 4.67. The maximum Gasteiger partial charge on any atom is 0.280 e.